The number of nitrogens with one attached hydrogen (secondary N) is 1. The summed E-state index contributed by atoms with van der Waals surface area (Å²) < 4.78 is 0. The third-order valence-electron chi connectivity index (χ3n) is 4.20. The van der Waals surface area contributed by atoms with Crippen LogP contribution < -0.4 is 5.32 Å². The van der Waals surface area contributed by atoms with Crippen LogP contribution in [0.2, 0.25) is 0 Å². The summed E-state index contributed by atoms with van der Waals surface area (Å²) in [5.41, 5.74) is 8.39. The molecule has 0 radical (unpaired) electrons. The second kappa shape index (κ2) is 7.83. The van der Waals surface area contributed by atoms with Gasteiger partial charge in [0, 0.05) is 11.3 Å². The second-order valence-electron chi connectivity index (χ2n) is 6.29. The Kier molecular flexibility index (Phi) is 5.81. The van der Waals surface area contributed by atoms with Gasteiger partial charge in [0.1, 0.15) is 0 Å². The molecule has 0 saturated carbocycles. The van der Waals surface area contributed by atoms with Gasteiger partial charge in [-0.2, -0.15) is 0 Å². The van der Waals surface area contributed by atoms with Gasteiger partial charge in [0.15, 0.2) is 0 Å². The summed E-state index contributed by atoms with van der Waals surface area (Å²) in [6, 6.07) is 12.9. The van der Waals surface area contributed by atoms with E-state index in [1.165, 1.54) is 27.8 Å². The van der Waals surface area contributed by atoms with Crippen molar-refractivity contribution in [2.75, 3.05) is 5.32 Å². The number of benzene rings is 2. The number of hydrogen-bond acceptors (Lipinski definition) is 1. The predicted octanol–water partition coefficient (Wildman–Crippen LogP) is 6.93. The third-order valence-corrected chi connectivity index (χ3v) is 4.20. The molecule has 0 saturated heterocycles. The van der Waals surface area contributed by atoms with Crippen molar-refractivity contribution in [3.63, 3.8) is 0 Å². The predicted molar refractivity (Wildman–Crippen MR) is 108 cm³/mol. The summed E-state index contributed by atoms with van der Waals surface area (Å²) in [7, 11) is 0. The molecule has 1 nitrogen and oxygen atoms in total. The summed E-state index contributed by atoms with van der Waals surface area (Å²) in [6.07, 6.45) is 5.82. The zero-order valence-electron chi connectivity index (χ0n) is 15.2. The highest BCUT2D eigenvalue weighted by atomic mass is 14.8. The van der Waals surface area contributed by atoms with Gasteiger partial charge in [0.2, 0.25) is 0 Å². The molecule has 1 heteroatoms. The van der Waals surface area contributed by atoms with Gasteiger partial charge >= 0.3 is 0 Å². The van der Waals surface area contributed by atoms with E-state index in [0.29, 0.717) is 5.92 Å². The van der Waals surface area contributed by atoms with E-state index >= 15 is 0 Å². The van der Waals surface area contributed by atoms with E-state index in [-0.39, 0.29) is 0 Å². The first-order chi connectivity index (χ1) is 11.5. The molecule has 0 atom stereocenters. The first-order valence-electron chi connectivity index (χ1n) is 8.43. The van der Waals surface area contributed by atoms with Crippen molar-refractivity contribution in [1.82, 2.24) is 0 Å². The Balaban J connectivity index is 2.83. The Morgan fingerprint density at radius 3 is 2.38 bits per heavy atom. The first-order valence-corrected chi connectivity index (χ1v) is 8.43. The van der Waals surface area contributed by atoms with E-state index in [2.05, 4.69) is 81.7 Å². The molecule has 0 spiro atoms. The van der Waals surface area contributed by atoms with Gasteiger partial charge < -0.3 is 5.32 Å². The van der Waals surface area contributed by atoms with Crippen LogP contribution in [0.5, 0.6) is 0 Å². The Hall–Kier alpha value is -2.54. The van der Waals surface area contributed by atoms with Gasteiger partial charge in [-0.1, -0.05) is 69.5 Å². The van der Waals surface area contributed by atoms with E-state index in [0.717, 1.165) is 11.3 Å². The average molecular weight is 317 g/mol. The standard InChI is InChI=1S/C23H27N/c1-7-11-18(6)23-21(24-8-2)15-14-20(22(23)16(3)4)19-13-10-9-12-17(19)5/h7-16,24H,2,6H2,1,3-5H3/b11-7-. The zero-order chi connectivity index (χ0) is 17.7. The van der Waals surface area contributed by atoms with Crippen LogP contribution in [0, 0.1) is 6.92 Å². The number of allylic oxidation sites excluding steroid dienone is 3. The molecule has 0 aliphatic carbocycles. The maximum atomic E-state index is 4.30. The van der Waals surface area contributed by atoms with Crippen molar-refractivity contribution >= 4 is 11.3 Å². The van der Waals surface area contributed by atoms with Gasteiger partial charge in [0.05, 0.1) is 0 Å². The number of hydrogen-bond donors (Lipinski definition) is 1. The largest absolute Gasteiger partial charge is 0.362 e. The molecular formula is C23H27N. The molecule has 0 aromatic heterocycles. The Bertz CT molecular complexity index is 779. The Morgan fingerprint density at radius 2 is 1.79 bits per heavy atom. The topological polar surface area (TPSA) is 12.0 Å². The van der Waals surface area contributed by atoms with Crippen molar-refractivity contribution < 1.29 is 0 Å². The van der Waals surface area contributed by atoms with Crippen molar-refractivity contribution in [3.8, 4) is 11.1 Å². The lowest BCUT2D eigenvalue weighted by Gasteiger charge is -2.23. The van der Waals surface area contributed by atoms with E-state index < -0.39 is 0 Å². The highest BCUT2D eigenvalue weighted by Gasteiger charge is 2.19. The fraction of sp³-hybridized carbons (Fsp3) is 0.217. The van der Waals surface area contributed by atoms with E-state index in [4.69, 9.17) is 0 Å². The summed E-state index contributed by atoms with van der Waals surface area (Å²) >= 11 is 0. The van der Waals surface area contributed by atoms with Crippen LogP contribution in [0.1, 0.15) is 43.4 Å². The van der Waals surface area contributed by atoms with Gasteiger partial charge in [-0.25, -0.2) is 0 Å². The summed E-state index contributed by atoms with van der Waals surface area (Å²) in [5.74, 6) is 0.378. The first kappa shape index (κ1) is 17.8. The van der Waals surface area contributed by atoms with Gasteiger partial charge in [0.25, 0.3) is 0 Å². The van der Waals surface area contributed by atoms with E-state index in [1.54, 1.807) is 6.20 Å². The lowest BCUT2D eigenvalue weighted by atomic mass is 9.84. The van der Waals surface area contributed by atoms with Crippen LogP contribution >= 0.6 is 0 Å². The molecule has 1 N–H and O–H groups in total. The van der Waals surface area contributed by atoms with Gasteiger partial charge in [-0.05, 0) is 59.9 Å². The average Bonchev–Trinajstić information content (AvgIpc) is 2.55. The number of anilines is 1. The molecule has 2 rings (SSSR count). The molecular weight excluding hydrogens is 290 g/mol. The van der Waals surface area contributed by atoms with Crippen LogP contribution in [0.15, 0.2) is 67.9 Å². The minimum absolute atomic E-state index is 0.378. The molecule has 2 aromatic rings. The second-order valence-corrected chi connectivity index (χ2v) is 6.29. The van der Waals surface area contributed by atoms with Crippen LogP contribution in [-0.2, 0) is 0 Å². The van der Waals surface area contributed by atoms with Crippen molar-refractivity contribution in [3.05, 3.63) is 84.6 Å². The van der Waals surface area contributed by atoms with Crippen molar-refractivity contribution in [2.45, 2.75) is 33.6 Å². The van der Waals surface area contributed by atoms with Crippen LogP contribution in [0.3, 0.4) is 0 Å². The lowest BCUT2D eigenvalue weighted by Crippen LogP contribution is -2.03. The molecule has 0 fully saturated rings. The van der Waals surface area contributed by atoms with E-state index in [1.807, 2.05) is 13.0 Å². The summed E-state index contributed by atoms with van der Waals surface area (Å²) in [5, 5.41) is 3.27. The molecule has 24 heavy (non-hydrogen) atoms. The lowest BCUT2D eigenvalue weighted by molar-refractivity contribution is 0.866. The van der Waals surface area contributed by atoms with Crippen LogP contribution in [0.25, 0.3) is 16.7 Å². The third kappa shape index (κ3) is 3.51. The highest BCUT2D eigenvalue weighted by molar-refractivity contribution is 5.89. The van der Waals surface area contributed by atoms with Gasteiger partial charge in [-0.3, -0.25) is 0 Å². The van der Waals surface area contributed by atoms with E-state index in [9.17, 15) is 0 Å². The minimum atomic E-state index is 0.378. The molecule has 0 unspecified atom stereocenters. The maximum absolute atomic E-state index is 4.30. The summed E-state index contributed by atoms with van der Waals surface area (Å²) in [4.78, 5) is 0. The summed E-state index contributed by atoms with van der Waals surface area (Å²) in [6.45, 7) is 16.8. The molecule has 2 aromatic carbocycles. The number of aryl methyl sites for hydroxylation is 1. The maximum Gasteiger partial charge on any atom is 0.0462 e. The van der Waals surface area contributed by atoms with Crippen LogP contribution in [-0.4, -0.2) is 0 Å². The number of rotatable bonds is 6. The fourth-order valence-electron chi connectivity index (χ4n) is 3.19. The SMILES string of the molecule is C=CNc1ccc(-c2ccccc2C)c(C(C)C)c1C(=C)/C=C\C. The van der Waals surface area contributed by atoms with Gasteiger partial charge in [-0.15, -0.1) is 0 Å². The fourth-order valence-corrected chi connectivity index (χ4v) is 3.19. The molecule has 0 heterocycles. The molecule has 0 amide bonds. The van der Waals surface area contributed by atoms with Crippen LogP contribution in [0.4, 0.5) is 5.69 Å². The monoisotopic (exact) mass is 317 g/mol. The molecule has 0 aliphatic heterocycles. The van der Waals surface area contributed by atoms with Crippen molar-refractivity contribution in [2.24, 2.45) is 0 Å². The zero-order valence-corrected chi connectivity index (χ0v) is 15.2. The Labute approximate surface area is 146 Å². The van der Waals surface area contributed by atoms with Crippen molar-refractivity contribution in [1.29, 1.82) is 0 Å². The Morgan fingerprint density at radius 1 is 1.08 bits per heavy atom. The minimum Gasteiger partial charge on any atom is -0.362 e. The normalized spacial score (nSPS) is 11.0. The molecule has 0 aliphatic rings. The molecule has 0 bridgehead atoms. The quantitative estimate of drug-likeness (QED) is 0.569. The smallest absolute Gasteiger partial charge is 0.0462 e. The molecule has 124 valence electrons. The highest BCUT2D eigenvalue weighted by Crippen LogP contribution is 2.40.